The van der Waals surface area contributed by atoms with E-state index in [2.05, 4.69) is 172 Å². The van der Waals surface area contributed by atoms with Gasteiger partial charge < -0.3 is 27.9 Å². The first-order valence-electron chi connectivity index (χ1n) is 38.2. The van der Waals surface area contributed by atoms with Crippen LogP contribution in [0.5, 0.6) is 0 Å². The lowest BCUT2D eigenvalue weighted by atomic mass is 10.0. The summed E-state index contributed by atoms with van der Waals surface area (Å²) < 4.78 is 34.4. The standard InChI is InChI=1S/C84H142NO8P/c1-6-8-10-12-14-16-18-20-22-24-26-28-30-32-34-36-37-38-39-40-41-42-43-44-45-46-47-49-51-53-55-57-59-61-63-65-67-69-71-73-75-77-84(87)93-82(81-92-94(88,89)91-79-78-85(3,4)5)80-90-83(86)76-74-72-70-68-66-64-62-60-58-56-54-52-50-48-35-33-31-29-27-25-23-21-19-17-15-13-11-9-7-2/h8,10,14,16,19-22,25-28,32,34,37-38,40-41,43-44,46-47,51,53,57,59,82H,6-7,9,11-13,15,17-18,23-24,29-31,33,35-36,39,42,45,48-50,52,54-56,58,60-81H2,1-5H3/b10-8-,16-14-,21-19-,22-20-,27-25-,28-26-,34-32-,38-37-,41-40-,44-43-,47-46-,53-51-,59-57-. The zero-order valence-corrected chi connectivity index (χ0v) is 62.0. The van der Waals surface area contributed by atoms with Crippen molar-refractivity contribution in [3.8, 4) is 0 Å². The molecule has 0 amide bonds. The van der Waals surface area contributed by atoms with Gasteiger partial charge in [0.2, 0.25) is 0 Å². The van der Waals surface area contributed by atoms with E-state index in [9.17, 15) is 19.0 Å². The lowest BCUT2D eigenvalue weighted by molar-refractivity contribution is -0.870. The minimum Gasteiger partial charge on any atom is -0.756 e. The van der Waals surface area contributed by atoms with E-state index in [1.165, 1.54) is 148 Å². The SMILES string of the molecule is CC/C=C\C/C=C\C/C=C\C/C=C\C/C=C\C/C=C\C/C=C\C/C=C\C/C=C\C/C=C\C/C=C\CCCCCCCCCC(=O)OC(COC(=O)CCCCCCCCCCCCCCCCCCC/C=C\C/C=C\CCCCCCC)COP(=O)([O-])OCC[N+](C)(C)C. The van der Waals surface area contributed by atoms with Crippen molar-refractivity contribution >= 4 is 19.8 Å². The number of phosphoric ester groups is 1. The number of likely N-dealkylation sites (N-methyl/N-ethyl adjacent to an activating group) is 1. The molecule has 0 spiro atoms. The van der Waals surface area contributed by atoms with E-state index in [4.69, 9.17) is 18.5 Å². The Hall–Kier alpha value is -4.37. The van der Waals surface area contributed by atoms with Gasteiger partial charge in [-0.2, -0.15) is 0 Å². The smallest absolute Gasteiger partial charge is 0.306 e. The minimum atomic E-state index is -4.66. The molecule has 0 heterocycles. The van der Waals surface area contributed by atoms with Gasteiger partial charge in [0.1, 0.15) is 19.8 Å². The van der Waals surface area contributed by atoms with E-state index in [-0.39, 0.29) is 32.0 Å². The summed E-state index contributed by atoms with van der Waals surface area (Å²) >= 11 is 0. The van der Waals surface area contributed by atoms with Crippen molar-refractivity contribution in [1.29, 1.82) is 0 Å². The Balaban J connectivity index is 4.09. The highest BCUT2D eigenvalue weighted by atomic mass is 31.2. The van der Waals surface area contributed by atoms with Crippen molar-refractivity contribution in [2.75, 3.05) is 47.5 Å². The first-order valence-corrected chi connectivity index (χ1v) is 39.7. The molecular formula is C84H142NO8P. The van der Waals surface area contributed by atoms with Crippen LogP contribution in [0.3, 0.4) is 0 Å². The number of allylic oxidation sites excluding steroid dienone is 26. The van der Waals surface area contributed by atoms with Crippen LogP contribution in [0.25, 0.3) is 0 Å². The highest BCUT2D eigenvalue weighted by Gasteiger charge is 2.22. The number of esters is 2. The molecule has 94 heavy (non-hydrogen) atoms. The molecule has 0 saturated heterocycles. The fraction of sp³-hybridized carbons (Fsp3) is 0.667. The second-order valence-electron chi connectivity index (χ2n) is 26.3. The van der Waals surface area contributed by atoms with Gasteiger partial charge in [0.15, 0.2) is 6.10 Å². The van der Waals surface area contributed by atoms with Crippen LogP contribution < -0.4 is 4.89 Å². The number of carbonyl (C=O) groups is 2. The fourth-order valence-corrected chi connectivity index (χ4v) is 11.0. The van der Waals surface area contributed by atoms with E-state index < -0.39 is 26.5 Å². The highest BCUT2D eigenvalue weighted by molar-refractivity contribution is 7.45. The number of ether oxygens (including phenoxy) is 2. The predicted octanol–water partition coefficient (Wildman–Crippen LogP) is 24.9. The normalized spacial score (nSPS) is 14.0. The number of quaternary nitrogens is 1. The lowest BCUT2D eigenvalue weighted by Gasteiger charge is -2.28. The molecule has 9 nitrogen and oxygen atoms in total. The summed E-state index contributed by atoms with van der Waals surface area (Å²) in [5.74, 6) is -0.846. The largest absolute Gasteiger partial charge is 0.756 e. The summed E-state index contributed by atoms with van der Waals surface area (Å²) in [4.78, 5) is 38.1. The molecule has 2 unspecified atom stereocenters. The maximum Gasteiger partial charge on any atom is 0.306 e. The average molecular weight is 1330 g/mol. The molecule has 0 aromatic carbocycles. The van der Waals surface area contributed by atoms with Crippen LogP contribution in [0.2, 0.25) is 0 Å². The van der Waals surface area contributed by atoms with Gasteiger partial charge in [-0.25, -0.2) is 0 Å². The first kappa shape index (κ1) is 89.6. The van der Waals surface area contributed by atoms with Crippen LogP contribution in [0.15, 0.2) is 158 Å². The van der Waals surface area contributed by atoms with Crippen molar-refractivity contribution in [3.63, 3.8) is 0 Å². The molecule has 0 saturated carbocycles. The van der Waals surface area contributed by atoms with E-state index in [0.29, 0.717) is 17.4 Å². The van der Waals surface area contributed by atoms with Gasteiger partial charge in [0, 0.05) is 12.8 Å². The molecule has 0 aromatic heterocycles. The molecule has 0 fully saturated rings. The Bertz CT molecular complexity index is 2150. The summed E-state index contributed by atoms with van der Waals surface area (Å²) in [7, 11) is 1.15. The van der Waals surface area contributed by atoms with Crippen molar-refractivity contribution < 1.29 is 42.1 Å². The Morgan fingerprint density at radius 2 is 0.606 bits per heavy atom. The number of rotatable bonds is 69. The van der Waals surface area contributed by atoms with Gasteiger partial charge in [-0.1, -0.05) is 326 Å². The summed E-state index contributed by atoms with van der Waals surface area (Å²) in [6, 6.07) is 0. The molecular weight excluding hydrogens is 1180 g/mol. The molecule has 0 N–H and O–H groups in total. The minimum absolute atomic E-state index is 0.0396. The molecule has 0 aliphatic rings. The van der Waals surface area contributed by atoms with Gasteiger partial charge in [-0.15, -0.1) is 0 Å². The number of hydrogen-bond donors (Lipinski definition) is 0. The van der Waals surface area contributed by atoms with Gasteiger partial charge in [0.05, 0.1) is 27.7 Å². The van der Waals surface area contributed by atoms with Crippen LogP contribution >= 0.6 is 7.82 Å². The fourth-order valence-electron chi connectivity index (χ4n) is 10.2. The number of unbranched alkanes of at least 4 members (excludes halogenated alkanes) is 29. The quantitative estimate of drug-likeness (QED) is 0.0195. The zero-order valence-electron chi connectivity index (χ0n) is 61.1. The average Bonchev–Trinajstić information content (AvgIpc) is 1.57. The molecule has 2 atom stereocenters. The third-order valence-electron chi connectivity index (χ3n) is 16.0. The van der Waals surface area contributed by atoms with Crippen molar-refractivity contribution in [1.82, 2.24) is 0 Å². The molecule has 0 bridgehead atoms. The van der Waals surface area contributed by atoms with E-state index in [1.54, 1.807) is 0 Å². The van der Waals surface area contributed by atoms with Gasteiger partial charge in [0.25, 0.3) is 7.82 Å². The number of nitrogens with zero attached hydrogens (tertiary/aromatic N) is 1. The number of phosphoric acid groups is 1. The molecule has 0 aromatic rings. The van der Waals surface area contributed by atoms with E-state index in [0.717, 1.165) is 128 Å². The van der Waals surface area contributed by atoms with Crippen LogP contribution in [-0.4, -0.2) is 70.0 Å². The Labute approximate surface area is 579 Å². The summed E-state index contributed by atoms with van der Waals surface area (Å²) in [5, 5.41) is 0. The lowest BCUT2D eigenvalue weighted by Crippen LogP contribution is -2.37. The predicted molar refractivity (Wildman–Crippen MR) is 406 cm³/mol. The third kappa shape index (κ3) is 76.6. The number of hydrogen-bond acceptors (Lipinski definition) is 8. The summed E-state index contributed by atoms with van der Waals surface area (Å²) in [5.41, 5.74) is 0. The Morgan fingerprint density at radius 3 is 0.904 bits per heavy atom. The number of carbonyl (C=O) groups excluding carboxylic acids is 2. The highest BCUT2D eigenvalue weighted by Crippen LogP contribution is 2.38. The second-order valence-corrected chi connectivity index (χ2v) is 27.7. The van der Waals surface area contributed by atoms with Gasteiger partial charge >= 0.3 is 11.9 Å². The van der Waals surface area contributed by atoms with Crippen LogP contribution in [0, 0.1) is 0 Å². The monoisotopic (exact) mass is 1320 g/mol. The molecule has 536 valence electrons. The van der Waals surface area contributed by atoms with Crippen LogP contribution in [-0.2, 0) is 32.7 Å². The molecule has 10 heteroatoms. The topological polar surface area (TPSA) is 111 Å². The maximum atomic E-state index is 12.9. The van der Waals surface area contributed by atoms with E-state index in [1.807, 2.05) is 21.1 Å². The van der Waals surface area contributed by atoms with Crippen LogP contribution in [0.4, 0.5) is 0 Å². The van der Waals surface area contributed by atoms with Gasteiger partial charge in [-0.05, 0) is 128 Å². The molecule has 0 radical (unpaired) electrons. The van der Waals surface area contributed by atoms with Gasteiger partial charge in [-0.3, -0.25) is 14.2 Å². The molecule has 0 rings (SSSR count). The Kier molecular flexibility index (Phi) is 69.5. The maximum absolute atomic E-state index is 12.9. The third-order valence-corrected chi connectivity index (χ3v) is 17.0. The first-order chi connectivity index (χ1) is 46.0. The van der Waals surface area contributed by atoms with Crippen molar-refractivity contribution in [3.05, 3.63) is 158 Å². The Morgan fingerprint density at radius 1 is 0.340 bits per heavy atom. The summed E-state index contributed by atoms with van der Waals surface area (Å²) in [6.45, 7) is 4.12. The van der Waals surface area contributed by atoms with E-state index >= 15 is 0 Å². The van der Waals surface area contributed by atoms with Crippen LogP contribution in [0.1, 0.15) is 309 Å². The zero-order chi connectivity index (χ0) is 68.3. The molecule has 0 aliphatic heterocycles. The molecule has 0 aliphatic carbocycles. The van der Waals surface area contributed by atoms with Crippen molar-refractivity contribution in [2.45, 2.75) is 315 Å². The van der Waals surface area contributed by atoms with Crippen molar-refractivity contribution in [2.24, 2.45) is 0 Å². The second kappa shape index (κ2) is 72.9. The summed E-state index contributed by atoms with van der Waals surface area (Å²) in [6.07, 6.45) is 109.